The number of nitrogens with one attached hydrogen (secondary N) is 1. The molecule has 0 aliphatic rings. The number of hydrogen-bond donors (Lipinski definition) is 1. The maximum Gasteiger partial charge on any atom is 0.417 e. The van der Waals surface area contributed by atoms with Crippen molar-refractivity contribution >= 4 is 46.3 Å². The molecule has 0 saturated carbocycles. The zero-order valence-electron chi connectivity index (χ0n) is 18.3. The number of rotatable bonds is 7. The number of carbonyl (C=O) groups is 2. The molecule has 0 aliphatic carbocycles. The van der Waals surface area contributed by atoms with E-state index in [4.69, 9.17) is 11.6 Å². The highest BCUT2D eigenvalue weighted by Gasteiger charge is 2.31. The first-order valence-corrected chi connectivity index (χ1v) is 10.6. The molecule has 0 saturated heterocycles. The van der Waals surface area contributed by atoms with Crippen LogP contribution in [0, 0.1) is 0 Å². The van der Waals surface area contributed by atoms with Gasteiger partial charge in [-0.15, -0.1) is 0 Å². The molecular weight excluding hydrogens is 485 g/mol. The highest BCUT2D eigenvalue weighted by atomic mass is 35.5. The molecule has 0 fully saturated rings. The summed E-state index contributed by atoms with van der Waals surface area (Å²) < 4.78 is 38.9. The molecule has 1 N–H and O–H groups in total. The lowest BCUT2D eigenvalue weighted by molar-refractivity contribution is -0.137. The van der Waals surface area contributed by atoms with Crippen LogP contribution in [0.2, 0.25) is 5.15 Å². The molecule has 180 valence electrons. The molecule has 2 amide bonds. The van der Waals surface area contributed by atoms with Crippen molar-refractivity contribution in [1.29, 1.82) is 0 Å². The van der Waals surface area contributed by atoms with Gasteiger partial charge in [0.1, 0.15) is 5.15 Å². The smallest absolute Gasteiger partial charge is 0.364 e. The van der Waals surface area contributed by atoms with Crippen molar-refractivity contribution < 1.29 is 22.8 Å². The summed E-state index contributed by atoms with van der Waals surface area (Å²) in [5.74, 6) is -0.617. The Bertz CT molecular complexity index is 1370. The van der Waals surface area contributed by atoms with Crippen LogP contribution in [0.5, 0.6) is 0 Å². The SMILES string of the molecule is CN(CC(=O)N(C=O)c1ccc(Cc2ccnc3n[nH]c(Cl)c23)cc1)c1cncc(C(F)(F)F)c1. The van der Waals surface area contributed by atoms with E-state index in [0.29, 0.717) is 35.5 Å². The average molecular weight is 503 g/mol. The zero-order valence-corrected chi connectivity index (χ0v) is 19.0. The number of aromatic nitrogens is 4. The molecule has 0 spiro atoms. The summed E-state index contributed by atoms with van der Waals surface area (Å²) in [6.07, 6.45) is -0.130. The number of hydrogen-bond acceptors (Lipinski definition) is 6. The van der Waals surface area contributed by atoms with Gasteiger partial charge in [-0.05, 0) is 41.8 Å². The summed E-state index contributed by atoms with van der Waals surface area (Å²) in [4.78, 5) is 34.4. The third-order valence-electron chi connectivity index (χ3n) is 5.34. The summed E-state index contributed by atoms with van der Waals surface area (Å²) in [5, 5.41) is 7.83. The van der Waals surface area contributed by atoms with Gasteiger partial charge in [-0.1, -0.05) is 23.7 Å². The highest BCUT2D eigenvalue weighted by molar-refractivity contribution is 6.34. The van der Waals surface area contributed by atoms with Gasteiger partial charge in [-0.3, -0.25) is 24.6 Å². The van der Waals surface area contributed by atoms with Crippen LogP contribution in [-0.4, -0.2) is 46.1 Å². The Hall–Kier alpha value is -3.99. The van der Waals surface area contributed by atoms with E-state index in [0.717, 1.165) is 27.5 Å². The van der Waals surface area contributed by atoms with Crippen molar-refractivity contribution in [3.8, 4) is 0 Å². The Kier molecular flexibility index (Phi) is 6.70. The van der Waals surface area contributed by atoms with Gasteiger partial charge in [-0.2, -0.15) is 18.3 Å². The van der Waals surface area contributed by atoms with Gasteiger partial charge in [0, 0.05) is 19.4 Å². The number of nitrogens with zero attached hydrogens (tertiary/aromatic N) is 5. The van der Waals surface area contributed by atoms with Crippen LogP contribution < -0.4 is 9.80 Å². The number of pyridine rings is 2. The van der Waals surface area contributed by atoms with Crippen LogP contribution in [0.4, 0.5) is 24.5 Å². The molecule has 0 atom stereocenters. The number of likely N-dealkylation sites (N-methyl/N-ethyl adjacent to an activating group) is 1. The van der Waals surface area contributed by atoms with E-state index in [-0.39, 0.29) is 12.2 Å². The summed E-state index contributed by atoms with van der Waals surface area (Å²) >= 11 is 6.18. The summed E-state index contributed by atoms with van der Waals surface area (Å²) in [6.45, 7) is -0.336. The molecular formula is C23H18ClF3N6O2. The highest BCUT2D eigenvalue weighted by Crippen LogP contribution is 2.31. The Balaban J connectivity index is 1.47. The normalized spacial score (nSPS) is 11.5. The predicted octanol–water partition coefficient (Wildman–Crippen LogP) is 4.24. The number of halogens is 4. The van der Waals surface area contributed by atoms with Gasteiger partial charge in [0.15, 0.2) is 5.65 Å². The molecule has 12 heteroatoms. The lowest BCUT2D eigenvalue weighted by atomic mass is 10.0. The Labute approximate surface area is 202 Å². The molecule has 3 aromatic heterocycles. The van der Waals surface area contributed by atoms with E-state index in [1.807, 2.05) is 6.07 Å². The van der Waals surface area contributed by atoms with Crippen LogP contribution in [0.1, 0.15) is 16.7 Å². The lowest BCUT2D eigenvalue weighted by Gasteiger charge is -2.23. The molecule has 3 heterocycles. The van der Waals surface area contributed by atoms with Crippen molar-refractivity contribution in [3.05, 3.63) is 76.8 Å². The number of fused-ring (bicyclic) bond motifs is 1. The summed E-state index contributed by atoms with van der Waals surface area (Å²) in [7, 11) is 1.44. The van der Waals surface area contributed by atoms with Crippen molar-refractivity contribution in [1.82, 2.24) is 20.2 Å². The van der Waals surface area contributed by atoms with E-state index in [9.17, 15) is 22.8 Å². The van der Waals surface area contributed by atoms with Gasteiger partial charge in [0.05, 0.1) is 35.1 Å². The van der Waals surface area contributed by atoms with Crippen LogP contribution in [0.3, 0.4) is 0 Å². The first-order chi connectivity index (χ1) is 16.7. The Morgan fingerprint density at radius 3 is 2.57 bits per heavy atom. The van der Waals surface area contributed by atoms with Crippen molar-refractivity contribution in [3.63, 3.8) is 0 Å². The number of benzene rings is 1. The molecule has 0 radical (unpaired) electrons. The van der Waals surface area contributed by atoms with Crippen molar-refractivity contribution in [2.24, 2.45) is 0 Å². The minimum atomic E-state index is -4.56. The standard InChI is InChI=1S/C23H18ClF3N6O2/c1-32(18-9-16(10-28-11-18)23(25,26)27)12-19(35)33(13-34)17-4-2-14(3-5-17)8-15-6-7-29-22-20(15)21(24)30-31-22/h2-7,9-11,13H,8,12H2,1H3,(H,29,30,31). The number of amides is 2. The fourth-order valence-corrected chi connectivity index (χ4v) is 3.79. The fraction of sp³-hybridized carbons (Fsp3) is 0.174. The third kappa shape index (κ3) is 5.24. The molecule has 1 aromatic carbocycles. The largest absolute Gasteiger partial charge is 0.417 e. The number of H-pyrrole nitrogens is 1. The molecule has 0 unspecified atom stereocenters. The van der Waals surface area contributed by atoms with E-state index in [2.05, 4.69) is 20.2 Å². The van der Waals surface area contributed by atoms with E-state index >= 15 is 0 Å². The van der Waals surface area contributed by atoms with Crippen molar-refractivity contribution in [2.75, 3.05) is 23.4 Å². The molecule has 35 heavy (non-hydrogen) atoms. The van der Waals surface area contributed by atoms with Crippen LogP contribution in [0.15, 0.2) is 55.0 Å². The second kappa shape index (κ2) is 9.71. The Morgan fingerprint density at radius 2 is 1.89 bits per heavy atom. The quantitative estimate of drug-likeness (QED) is 0.380. The second-order valence-electron chi connectivity index (χ2n) is 7.70. The number of anilines is 2. The number of aromatic amines is 1. The fourth-order valence-electron chi connectivity index (χ4n) is 3.54. The van der Waals surface area contributed by atoms with Gasteiger partial charge >= 0.3 is 6.18 Å². The van der Waals surface area contributed by atoms with Crippen LogP contribution in [0.25, 0.3) is 11.0 Å². The molecule has 0 bridgehead atoms. The maximum absolute atomic E-state index is 13.0. The minimum absolute atomic E-state index is 0.0935. The van der Waals surface area contributed by atoms with Gasteiger partial charge < -0.3 is 4.90 Å². The minimum Gasteiger partial charge on any atom is -0.364 e. The maximum atomic E-state index is 13.0. The molecule has 0 aliphatic heterocycles. The van der Waals surface area contributed by atoms with Gasteiger partial charge in [0.2, 0.25) is 6.41 Å². The monoisotopic (exact) mass is 502 g/mol. The average Bonchev–Trinajstić information content (AvgIpc) is 3.22. The summed E-state index contributed by atoms with van der Waals surface area (Å²) in [5.41, 5.74) is 1.79. The van der Waals surface area contributed by atoms with Crippen LogP contribution in [-0.2, 0) is 22.2 Å². The molecule has 8 nitrogen and oxygen atoms in total. The predicted molar refractivity (Wildman–Crippen MR) is 124 cm³/mol. The first-order valence-electron chi connectivity index (χ1n) is 10.2. The second-order valence-corrected chi connectivity index (χ2v) is 8.08. The Morgan fingerprint density at radius 1 is 1.14 bits per heavy atom. The zero-order chi connectivity index (χ0) is 25.2. The van der Waals surface area contributed by atoms with E-state index < -0.39 is 17.6 Å². The van der Waals surface area contributed by atoms with Crippen molar-refractivity contribution in [2.45, 2.75) is 12.6 Å². The lowest BCUT2D eigenvalue weighted by Crippen LogP contribution is -2.38. The van der Waals surface area contributed by atoms with Gasteiger partial charge in [0.25, 0.3) is 5.91 Å². The van der Waals surface area contributed by atoms with Crippen LogP contribution >= 0.6 is 11.6 Å². The summed E-state index contributed by atoms with van der Waals surface area (Å²) in [6, 6.07) is 9.48. The van der Waals surface area contributed by atoms with E-state index in [1.54, 1.807) is 30.5 Å². The molecule has 4 rings (SSSR count). The van der Waals surface area contributed by atoms with Gasteiger partial charge in [-0.25, -0.2) is 4.98 Å². The van der Waals surface area contributed by atoms with E-state index in [1.165, 1.54) is 18.1 Å². The number of imide groups is 1. The molecule has 4 aromatic rings. The third-order valence-corrected chi connectivity index (χ3v) is 5.62. The number of alkyl halides is 3. The topological polar surface area (TPSA) is 95.1 Å². The first kappa shape index (κ1) is 24.1. The number of carbonyl (C=O) groups excluding carboxylic acids is 2.